The third-order valence-corrected chi connectivity index (χ3v) is 5.16. The number of amides is 1. The Kier molecular flexibility index (Phi) is 4.83. The molecule has 2 N–H and O–H groups in total. The number of hydrogen-bond donors (Lipinski definition) is 2. The van der Waals surface area contributed by atoms with E-state index in [1.807, 2.05) is 26.0 Å². The molecule has 2 aromatic carbocycles. The average molecular weight is 400 g/mol. The molecule has 150 valence electrons. The molecular weight excluding hydrogens is 380 g/mol. The largest absolute Gasteiger partial charge is 0.507 e. The predicted molar refractivity (Wildman–Crippen MR) is 113 cm³/mol. The number of benzene rings is 2. The molecule has 1 unspecified atom stereocenters. The van der Waals surface area contributed by atoms with Crippen LogP contribution in [0.2, 0.25) is 0 Å². The molecular formula is C24H20N2O4. The number of aryl methyl sites for hydroxylation is 2. The lowest BCUT2D eigenvalue weighted by Crippen LogP contribution is -2.29. The fourth-order valence-corrected chi connectivity index (χ4v) is 3.63. The monoisotopic (exact) mass is 400 g/mol. The molecule has 1 aromatic heterocycles. The van der Waals surface area contributed by atoms with Crippen LogP contribution in [0.25, 0.3) is 5.76 Å². The first-order valence-corrected chi connectivity index (χ1v) is 9.46. The van der Waals surface area contributed by atoms with E-state index in [0.717, 1.165) is 11.1 Å². The van der Waals surface area contributed by atoms with Crippen LogP contribution in [0.5, 0.6) is 5.75 Å². The molecule has 2 heterocycles. The van der Waals surface area contributed by atoms with Gasteiger partial charge in [-0.25, -0.2) is 0 Å². The van der Waals surface area contributed by atoms with E-state index >= 15 is 0 Å². The lowest BCUT2D eigenvalue weighted by molar-refractivity contribution is -0.132. The number of carbonyl (C=O) groups excluding carboxylic acids is 2. The first-order valence-electron chi connectivity index (χ1n) is 9.46. The van der Waals surface area contributed by atoms with E-state index in [4.69, 9.17) is 0 Å². The molecule has 0 radical (unpaired) electrons. The summed E-state index contributed by atoms with van der Waals surface area (Å²) in [4.78, 5) is 31.4. The van der Waals surface area contributed by atoms with Crippen molar-refractivity contribution in [2.75, 3.05) is 4.90 Å². The number of nitrogens with zero attached hydrogens (tertiary/aromatic N) is 2. The summed E-state index contributed by atoms with van der Waals surface area (Å²) >= 11 is 0. The minimum atomic E-state index is -0.923. The molecule has 0 saturated carbocycles. The highest BCUT2D eigenvalue weighted by Crippen LogP contribution is 2.44. The summed E-state index contributed by atoms with van der Waals surface area (Å²) in [7, 11) is 0. The van der Waals surface area contributed by atoms with Crippen LogP contribution < -0.4 is 4.90 Å². The summed E-state index contributed by atoms with van der Waals surface area (Å²) in [6.07, 6.45) is 3.12. The summed E-state index contributed by atoms with van der Waals surface area (Å²) in [5.41, 5.74) is 2.95. The Balaban J connectivity index is 1.97. The highest BCUT2D eigenvalue weighted by molar-refractivity contribution is 6.51. The Morgan fingerprint density at radius 1 is 1.00 bits per heavy atom. The second kappa shape index (κ2) is 7.48. The Hall–Kier alpha value is -3.93. The quantitative estimate of drug-likeness (QED) is 0.394. The lowest BCUT2D eigenvalue weighted by atomic mass is 9.96. The van der Waals surface area contributed by atoms with Gasteiger partial charge in [0, 0.05) is 18.0 Å². The Morgan fingerprint density at radius 3 is 2.37 bits per heavy atom. The molecule has 6 heteroatoms. The molecule has 0 bridgehead atoms. The SMILES string of the molecule is Cc1ccc(/C(O)=C2\C(=O)C(=O)N(c3cc(C)ccc3O)C2c2cccnc2)cc1. The first kappa shape index (κ1) is 19.4. The Morgan fingerprint density at radius 2 is 1.70 bits per heavy atom. The molecule has 1 aliphatic heterocycles. The molecule has 0 spiro atoms. The van der Waals surface area contributed by atoms with Crippen molar-refractivity contribution >= 4 is 23.1 Å². The Labute approximate surface area is 173 Å². The molecule has 3 aromatic rings. The van der Waals surface area contributed by atoms with Crippen molar-refractivity contribution in [2.45, 2.75) is 19.9 Å². The molecule has 6 nitrogen and oxygen atoms in total. The van der Waals surface area contributed by atoms with Crippen molar-refractivity contribution in [3.63, 3.8) is 0 Å². The number of ketones is 1. The second-order valence-electron chi connectivity index (χ2n) is 7.31. The summed E-state index contributed by atoms with van der Waals surface area (Å²) in [5, 5.41) is 21.5. The van der Waals surface area contributed by atoms with Gasteiger partial charge in [0.25, 0.3) is 11.7 Å². The van der Waals surface area contributed by atoms with Crippen LogP contribution in [0, 0.1) is 13.8 Å². The van der Waals surface area contributed by atoms with Crippen LogP contribution in [0.1, 0.15) is 28.3 Å². The van der Waals surface area contributed by atoms with E-state index in [2.05, 4.69) is 4.98 Å². The van der Waals surface area contributed by atoms with Crippen LogP contribution in [0.4, 0.5) is 5.69 Å². The smallest absolute Gasteiger partial charge is 0.300 e. The van der Waals surface area contributed by atoms with E-state index in [0.29, 0.717) is 11.1 Å². The van der Waals surface area contributed by atoms with Crippen LogP contribution in [-0.2, 0) is 9.59 Å². The normalized spacial score (nSPS) is 18.1. The van der Waals surface area contributed by atoms with Crippen LogP contribution >= 0.6 is 0 Å². The number of Topliss-reactive ketones (excluding diaryl/α,β-unsaturated/α-hetero) is 1. The number of aliphatic hydroxyl groups is 1. The van der Waals surface area contributed by atoms with Gasteiger partial charge >= 0.3 is 0 Å². The van der Waals surface area contributed by atoms with Crippen LogP contribution in [0.15, 0.2) is 72.6 Å². The number of aromatic hydroxyl groups is 1. The van der Waals surface area contributed by atoms with Gasteiger partial charge in [0.15, 0.2) is 0 Å². The summed E-state index contributed by atoms with van der Waals surface area (Å²) in [5.74, 6) is -2.04. The van der Waals surface area contributed by atoms with E-state index in [1.54, 1.807) is 48.8 Å². The minimum absolute atomic E-state index is 0.0437. The predicted octanol–water partition coefficient (Wildman–Crippen LogP) is 4.03. The molecule has 1 aliphatic rings. The maximum Gasteiger partial charge on any atom is 0.300 e. The first-order chi connectivity index (χ1) is 14.4. The summed E-state index contributed by atoms with van der Waals surface area (Å²) in [6, 6.07) is 14.3. The van der Waals surface area contributed by atoms with Gasteiger partial charge in [-0.1, -0.05) is 42.0 Å². The molecule has 1 amide bonds. The molecule has 1 atom stereocenters. The number of pyridine rings is 1. The van der Waals surface area contributed by atoms with E-state index < -0.39 is 17.7 Å². The third-order valence-electron chi connectivity index (χ3n) is 5.16. The van der Waals surface area contributed by atoms with Gasteiger partial charge in [-0.05, 0) is 43.2 Å². The minimum Gasteiger partial charge on any atom is -0.507 e. The van der Waals surface area contributed by atoms with E-state index in [9.17, 15) is 19.8 Å². The zero-order valence-electron chi connectivity index (χ0n) is 16.5. The highest BCUT2D eigenvalue weighted by atomic mass is 16.3. The standard InChI is InChI=1S/C24H20N2O4/c1-14-5-8-16(9-6-14)22(28)20-21(17-4-3-11-25-13-17)26(24(30)23(20)29)18-12-15(2)7-10-19(18)27/h3-13,21,27-28H,1-2H3/b22-20+. The average Bonchev–Trinajstić information content (AvgIpc) is 3.01. The van der Waals surface area contributed by atoms with Crippen molar-refractivity contribution in [3.8, 4) is 5.75 Å². The number of hydrogen-bond acceptors (Lipinski definition) is 5. The number of aliphatic hydroxyl groups excluding tert-OH is 1. The van der Waals surface area contributed by atoms with Gasteiger partial charge in [-0.15, -0.1) is 0 Å². The number of phenolic OH excluding ortho intramolecular Hbond substituents is 1. The molecule has 1 saturated heterocycles. The third kappa shape index (κ3) is 3.22. The van der Waals surface area contributed by atoms with Crippen molar-refractivity contribution in [2.24, 2.45) is 0 Å². The maximum absolute atomic E-state index is 13.1. The van der Waals surface area contributed by atoms with E-state index in [1.165, 1.54) is 11.0 Å². The fraction of sp³-hybridized carbons (Fsp3) is 0.125. The van der Waals surface area contributed by atoms with Crippen molar-refractivity contribution in [1.82, 2.24) is 4.98 Å². The number of carbonyl (C=O) groups is 2. The molecule has 0 aliphatic carbocycles. The Bertz CT molecular complexity index is 1170. The van der Waals surface area contributed by atoms with Crippen molar-refractivity contribution in [1.29, 1.82) is 0 Å². The molecule has 30 heavy (non-hydrogen) atoms. The number of anilines is 1. The van der Waals surface area contributed by atoms with E-state index in [-0.39, 0.29) is 22.8 Å². The maximum atomic E-state index is 13.1. The molecule has 4 rings (SSSR count). The topological polar surface area (TPSA) is 90.7 Å². The number of phenols is 1. The number of aromatic nitrogens is 1. The highest BCUT2D eigenvalue weighted by Gasteiger charge is 2.47. The zero-order chi connectivity index (χ0) is 21.4. The zero-order valence-corrected chi connectivity index (χ0v) is 16.5. The second-order valence-corrected chi connectivity index (χ2v) is 7.31. The molecule has 1 fully saturated rings. The van der Waals surface area contributed by atoms with Gasteiger partial charge in [0.1, 0.15) is 11.5 Å². The van der Waals surface area contributed by atoms with Crippen LogP contribution in [0.3, 0.4) is 0 Å². The summed E-state index contributed by atoms with van der Waals surface area (Å²) < 4.78 is 0. The number of rotatable bonds is 3. The summed E-state index contributed by atoms with van der Waals surface area (Å²) in [6.45, 7) is 3.74. The fourth-order valence-electron chi connectivity index (χ4n) is 3.63. The lowest BCUT2D eigenvalue weighted by Gasteiger charge is -2.26. The van der Waals surface area contributed by atoms with Crippen molar-refractivity contribution < 1.29 is 19.8 Å². The van der Waals surface area contributed by atoms with Gasteiger partial charge in [0.05, 0.1) is 17.3 Å². The van der Waals surface area contributed by atoms with Crippen molar-refractivity contribution in [3.05, 3.63) is 94.8 Å². The van der Waals surface area contributed by atoms with Crippen LogP contribution in [-0.4, -0.2) is 26.9 Å². The van der Waals surface area contributed by atoms with Gasteiger partial charge in [-0.3, -0.25) is 19.5 Å². The van der Waals surface area contributed by atoms with Gasteiger partial charge < -0.3 is 10.2 Å². The van der Waals surface area contributed by atoms with Gasteiger partial charge in [0.2, 0.25) is 0 Å². The van der Waals surface area contributed by atoms with Gasteiger partial charge in [-0.2, -0.15) is 0 Å².